The molecule has 0 unspecified atom stereocenters. The molecule has 0 radical (unpaired) electrons. The molecule has 1 saturated heterocycles. The standard InChI is InChI=1S/C19H18N4O7/c1-11-3-4-13(8-17(11)23(28)29)21-10-12(7-18(21)24)19(25)20-15-9-14(30-2)5-6-16(15)22(26)27/h3-6,8-9,12H,7,10H2,1-2H3,(H,20,25)/t12-/m0/s1. The highest BCUT2D eigenvalue weighted by Gasteiger charge is 2.36. The summed E-state index contributed by atoms with van der Waals surface area (Å²) in [5, 5.41) is 24.9. The molecular weight excluding hydrogens is 396 g/mol. The van der Waals surface area contributed by atoms with Crippen LogP contribution in [0.25, 0.3) is 0 Å². The SMILES string of the molecule is COc1ccc([N+](=O)[O-])c(NC(=O)[C@H]2CC(=O)N(c3ccc(C)c([N+](=O)[O-])c3)C2)c1. The molecule has 2 aromatic rings. The minimum atomic E-state index is -0.774. The Balaban J connectivity index is 1.80. The van der Waals surface area contributed by atoms with Crippen LogP contribution >= 0.6 is 0 Å². The summed E-state index contributed by atoms with van der Waals surface area (Å²) < 4.78 is 5.04. The third-order valence-electron chi connectivity index (χ3n) is 4.86. The highest BCUT2D eigenvalue weighted by Crippen LogP contribution is 2.32. The molecule has 2 aromatic carbocycles. The van der Waals surface area contributed by atoms with E-state index < -0.39 is 21.7 Å². The van der Waals surface area contributed by atoms with Crippen molar-refractivity contribution in [2.45, 2.75) is 13.3 Å². The Morgan fingerprint density at radius 2 is 1.83 bits per heavy atom. The molecule has 3 rings (SSSR count). The molecule has 1 aliphatic rings. The number of hydrogen-bond donors (Lipinski definition) is 1. The predicted octanol–water partition coefficient (Wildman–Crippen LogP) is 2.81. The smallest absolute Gasteiger partial charge is 0.293 e. The van der Waals surface area contributed by atoms with Gasteiger partial charge in [-0.2, -0.15) is 0 Å². The normalized spacial score (nSPS) is 15.7. The van der Waals surface area contributed by atoms with E-state index in [-0.39, 0.29) is 35.9 Å². The van der Waals surface area contributed by atoms with E-state index in [0.29, 0.717) is 17.0 Å². The quantitative estimate of drug-likeness (QED) is 0.565. The lowest BCUT2D eigenvalue weighted by Crippen LogP contribution is -2.28. The molecule has 0 aliphatic carbocycles. The van der Waals surface area contributed by atoms with Crippen molar-refractivity contribution in [3.63, 3.8) is 0 Å². The Bertz CT molecular complexity index is 1050. The topological polar surface area (TPSA) is 145 Å². The highest BCUT2D eigenvalue weighted by atomic mass is 16.6. The Kier molecular flexibility index (Phi) is 5.63. The van der Waals surface area contributed by atoms with Gasteiger partial charge in [0, 0.05) is 36.7 Å². The van der Waals surface area contributed by atoms with E-state index in [1.165, 1.54) is 42.3 Å². The van der Waals surface area contributed by atoms with Gasteiger partial charge in [-0.1, -0.05) is 6.07 Å². The zero-order valence-corrected chi connectivity index (χ0v) is 16.2. The second kappa shape index (κ2) is 8.15. The summed E-state index contributed by atoms with van der Waals surface area (Å²) in [7, 11) is 1.39. The van der Waals surface area contributed by atoms with Gasteiger partial charge >= 0.3 is 0 Å². The molecule has 30 heavy (non-hydrogen) atoms. The van der Waals surface area contributed by atoms with Gasteiger partial charge in [-0.3, -0.25) is 29.8 Å². The number of hydrogen-bond acceptors (Lipinski definition) is 7. The molecule has 1 N–H and O–H groups in total. The van der Waals surface area contributed by atoms with Crippen LogP contribution in [0.15, 0.2) is 36.4 Å². The van der Waals surface area contributed by atoms with Crippen LogP contribution in [0.1, 0.15) is 12.0 Å². The van der Waals surface area contributed by atoms with Gasteiger partial charge in [0.2, 0.25) is 11.8 Å². The Hall–Kier alpha value is -4.02. The van der Waals surface area contributed by atoms with Gasteiger partial charge in [0.05, 0.1) is 28.6 Å². The molecular formula is C19H18N4O7. The van der Waals surface area contributed by atoms with Crippen LogP contribution in [0, 0.1) is 33.1 Å². The minimum absolute atomic E-state index is 0.00263. The van der Waals surface area contributed by atoms with Crippen LogP contribution in [0.5, 0.6) is 5.75 Å². The van der Waals surface area contributed by atoms with Crippen LogP contribution in [0.4, 0.5) is 22.7 Å². The fraction of sp³-hybridized carbons (Fsp3) is 0.263. The number of amides is 2. The van der Waals surface area contributed by atoms with Crippen molar-refractivity contribution in [1.82, 2.24) is 0 Å². The molecule has 11 nitrogen and oxygen atoms in total. The maximum Gasteiger partial charge on any atom is 0.293 e. The first-order valence-electron chi connectivity index (χ1n) is 8.90. The molecule has 0 saturated carbocycles. The lowest BCUT2D eigenvalue weighted by atomic mass is 10.1. The Morgan fingerprint density at radius 3 is 2.47 bits per heavy atom. The van der Waals surface area contributed by atoms with Gasteiger partial charge in [-0.25, -0.2) is 0 Å². The van der Waals surface area contributed by atoms with Gasteiger partial charge in [0.15, 0.2) is 0 Å². The minimum Gasteiger partial charge on any atom is -0.497 e. The molecule has 2 amide bonds. The largest absolute Gasteiger partial charge is 0.497 e. The van der Waals surface area contributed by atoms with Crippen LogP contribution in [-0.4, -0.2) is 35.3 Å². The number of nitro benzene ring substituents is 2. The second-order valence-corrected chi connectivity index (χ2v) is 6.76. The monoisotopic (exact) mass is 414 g/mol. The van der Waals surface area contributed by atoms with Crippen LogP contribution < -0.4 is 15.0 Å². The molecule has 1 atom stereocenters. The summed E-state index contributed by atoms with van der Waals surface area (Å²) in [6, 6.07) is 8.35. The van der Waals surface area contributed by atoms with Crippen molar-refractivity contribution < 1.29 is 24.2 Å². The Morgan fingerprint density at radius 1 is 1.13 bits per heavy atom. The fourth-order valence-electron chi connectivity index (χ4n) is 3.23. The van der Waals surface area contributed by atoms with E-state index in [9.17, 15) is 29.8 Å². The number of nitrogens with zero attached hydrogens (tertiary/aromatic N) is 3. The zero-order valence-electron chi connectivity index (χ0n) is 16.2. The Labute approximate surface area is 170 Å². The van der Waals surface area contributed by atoms with Crippen molar-refractivity contribution in [1.29, 1.82) is 0 Å². The lowest BCUT2D eigenvalue weighted by molar-refractivity contribution is -0.385. The fourth-order valence-corrected chi connectivity index (χ4v) is 3.23. The molecule has 0 bridgehead atoms. The van der Waals surface area contributed by atoms with Crippen molar-refractivity contribution >= 4 is 34.6 Å². The van der Waals surface area contributed by atoms with Crippen LogP contribution in [0.2, 0.25) is 0 Å². The maximum atomic E-state index is 12.7. The van der Waals surface area contributed by atoms with Gasteiger partial charge in [0.1, 0.15) is 11.4 Å². The number of benzene rings is 2. The number of aryl methyl sites for hydroxylation is 1. The van der Waals surface area contributed by atoms with Gasteiger partial charge in [-0.05, 0) is 19.1 Å². The first-order chi connectivity index (χ1) is 14.2. The van der Waals surface area contributed by atoms with Crippen LogP contribution in [-0.2, 0) is 9.59 Å². The van der Waals surface area contributed by atoms with Crippen molar-refractivity contribution in [3.8, 4) is 5.75 Å². The third kappa shape index (κ3) is 4.04. The van der Waals surface area contributed by atoms with Gasteiger partial charge < -0.3 is 15.0 Å². The molecule has 1 fully saturated rings. The number of carbonyl (C=O) groups excluding carboxylic acids is 2. The molecule has 0 spiro atoms. The number of nitro groups is 2. The summed E-state index contributed by atoms with van der Waals surface area (Å²) >= 11 is 0. The molecule has 0 aromatic heterocycles. The predicted molar refractivity (Wildman–Crippen MR) is 107 cm³/mol. The van der Waals surface area contributed by atoms with E-state index in [1.54, 1.807) is 13.0 Å². The van der Waals surface area contributed by atoms with Gasteiger partial charge in [-0.15, -0.1) is 0 Å². The average molecular weight is 414 g/mol. The van der Waals surface area contributed by atoms with E-state index in [1.807, 2.05) is 0 Å². The van der Waals surface area contributed by atoms with E-state index in [2.05, 4.69) is 5.32 Å². The van der Waals surface area contributed by atoms with Crippen molar-refractivity contribution in [3.05, 3.63) is 62.2 Å². The van der Waals surface area contributed by atoms with Gasteiger partial charge in [0.25, 0.3) is 11.4 Å². The van der Waals surface area contributed by atoms with E-state index >= 15 is 0 Å². The molecule has 1 heterocycles. The lowest BCUT2D eigenvalue weighted by Gasteiger charge is -2.17. The summed E-state index contributed by atoms with van der Waals surface area (Å²) in [6.07, 6.45) is -0.120. The van der Waals surface area contributed by atoms with Crippen LogP contribution in [0.3, 0.4) is 0 Å². The second-order valence-electron chi connectivity index (χ2n) is 6.76. The number of methoxy groups -OCH3 is 1. The summed E-state index contributed by atoms with van der Waals surface area (Å²) in [4.78, 5) is 47.6. The number of ether oxygens (including phenoxy) is 1. The molecule has 156 valence electrons. The van der Waals surface area contributed by atoms with Crippen molar-refractivity contribution in [2.24, 2.45) is 5.92 Å². The van der Waals surface area contributed by atoms with E-state index in [4.69, 9.17) is 4.74 Å². The summed E-state index contributed by atoms with van der Waals surface area (Å²) in [5.74, 6) is -1.38. The molecule has 11 heteroatoms. The number of carbonyl (C=O) groups is 2. The average Bonchev–Trinajstić information content (AvgIpc) is 3.09. The number of rotatable bonds is 6. The highest BCUT2D eigenvalue weighted by molar-refractivity contribution is 6.04. The maximum absolute atomic E-state index is 12.7. The third-order valence-corrected chi connectivity index (χ3v) is 4.86. The zero-order chi connectivity index (χ0) is 22.0. The number of anilines is 2. The first kappa shape index (κ1) is 20.7. The summed E-state index contributed by atoms with van der Waals surface area (Å²) in [6.45, 7) is 1.59. The van der Waals surface area contributed by atoms with Crippen molar-refractivity contribution in [2.75, 3.05) is 23.9 Å². The molecule has 1 aliphatic heterocycles. The summed E-state index contributed by atoms with van der Waals surface area (Å²) in [5.41, 5.74) is 0.302. The number of nitrogens with one attached hydrogen (secondary N) is 1. The first-order valence-corrected chi connectivity index (χ1v) is 8.90. The van der Waals surface area contributed by atoms with E-state index in [0.717, 1.165) is 0 Å².